The van der Waals surface area contributed by atoms with Crippen molar-refractivity contribution in [3.05, 3.63) is 43.8 Å². The molecule has 0 unspecified atom stereocenters. The van der Waals surface area contributed by atoms with E-state index in [2.05, 4.69) is 20.9 Å². The van der Waals surface area contributed by atoms with Gasteiger partial charge >= 0.3 is 5.97 Å². The van der Waals surface area contributed by atoms with Crippen LogP contribution in [0, 0.1) is 13.8 Å². The maximum absolute atomic E-state index is 10.7. The summed E-state index contributed by atoms with van der Waals surface area (Å²) in [6.07, 6.45) is 0. The van der Waals surface area contributed by atoms with Gasteiger partial charge in [0.25, 0.3) is 0 Å². The standard InChI is InChI=1S/C13H12BrNO3S/c1-7-3-10(4-8(2)11(7)14)18-5-9-6-19-12(15-9)13(16)17/h3-4,6H,5H2,1-2H3,(H,16,17). The molecule has 0 atom stereocenters. The summed E-state index contributed by atoms with van der Waals surface area (Å²) in [5.41, 5.74) is 2.82. The third-order valence-electron chi connectivity index (χ3n) is 2.53. The normalized spacial score (nSPS) is 10.5. The molecule has 0 saturated heterocycles. The van der Waals surface area contributed by atoms with E-state index in [-0.39, 0.29) is 11.6 Å². The number of nitrogens with zero attached hydrogens (tertiary/aromatic N) is 1. The van der Waals surface area contributed by atoms with Gasteiger partial charge in [-0.2, -0.15) is 0 Å². The van der Waals surface area contributed by atoms with E-state index in [1.54, 1.807) is 5.38 Å². The Morgan fingerprint density at radius 1 is 1.42 bits per heavy atom. The molecule has 0 saturated carbocycles. The first kappa shape index (κ1) is 14.0. The van der Waals surface area contributed by atoms with Crippen molar-refractivity contribution in [2.24, 2.45) is 0 Å². The minimum absolute atomic E-state index is 0.0850. The van der Waals surface area contributed by atoms with E-state index in [0.29, 0.717) is 5.69 Å². The molecule has 6 heteroatoms. The number of ether oxygens (including phenoxy) is 1. The lowest BCUT2D eigenvalue weighted by Crippen LogP contribution is -1.99. The van der Waals surface area contributed by atoms with Gasteiger partial charge in [0.15, 0.2) is 0 Å². The summed E-state index contributed by atoms with van der Waals surface area (Å²) >= 11 is 4.60. The molecule has 1 heterocycles. The Morgan fingerprint density at radius 2 is 2.05 bits per heavy atom. The molecular weight excluding hydrogens is 330 g/mol. The van der Waals surface area contributed by atoms with Crippen molar-refractivity contribution in [1.82, 2.24) is 4.98 Å². The minimum atomic E-state index is -1.01. The van der Waals surface area contributed by atoms with E-state index in [9.17, 15) is 4.79 Å². The predicted molar refractivity (Wildman–Crippen MR) is 77.0 cm³/mol. The topological polar surface area (TPSA) is 59.4 Å². The number of carbonyl (C=O) groups is 1. The fourth-order valence-corrected chi connectivity index (χ4v) is 2.49. The number of hydrogen-bond donors (Lipinski definition) is 1. The molecule has 0 aliphatic heterocycles. The molecule has 4 nitrogen and oxygen atoms in total. The summed E-state index contributed by atoms with van der Waals surface area (Å²) < 4.78 is 6.70. The van der Waals surface area contributed by atoms with Gasteiger partial charge < -0.3 is 9.84 Å². The van der Waals surface area contributed by atoms with Crippen LogP contribution in [0.3, 0.4) is 0 Å². The van der Waals surface area contributed by atoms with Gasteiger partial charge in [0, 0.05) is 9.85 Å². The number of carboxylic acid groups (broad SMARTS) is 1. The number of aryl methyl sites for hydroxylation is 2. The smallest absolute Gasteiger partial charge is 0.365 e. The Kier molecular flexibility index (Phi) is 4.21. The fourth-order valence-electron chi connectivity index (χ4n) is 1.62. The highest BCUT2D eigenvalue weighted by molar-refractivity contribution is 9.10. The molecule has 2 rings (SSSR count). The lowest BCUT2D eigenvalue weighted by Gasteiger charge is -2.09. The van der Waals surface area contributed by atoms with E-state index < -0.39 is 5.97 Å². The minimum Gasteiger partial charge on any atom is -0.487 e. The van der Waals surface area contributed by atoms with Crippen LogP contribution in [0.25, 0.3) is 0 Å². The highest BCUT2D eigenvalue weighted by atomic mass is 79.9. The number of halogens is 1. The van der Waals surface area contributed by atoms with Crippen LogP contribution in [0.5, 0.6) is 5.75 Å². The number of carboxylic acids is 1. The second-order valence-corrected chi connectivity index (χ2v) is 5.76. The molecule has 0 amide bonds. The lowest BCUT2D eigenvalue weighted by atomic mass is 10.1. The van der Waals surface area contributed by atoms with Crippen molar-refractivity contribution in [2.45, 2.75) is 20.5 Å². The van der Waals surface area contributed by atoms with Gasteiger partial charge in [-0.05, 0) is 37.1 Å². The third kappa shape index (κ3) is 3.33. The van der Waals surface area contributed by atoms with Crippen LogP contribution in [0.4, 0.5) is 0 Å². The van der Waals surface area contributed by atoms with Gasteiger partial charge in [-0.15, -0.1) is 11.3 Å². The molecule has 19 heavy (non-hydrogen) atoms. The zero-order valence-corrected chi connectivity index (χ0v) is 12.8. The van der Waals surface area contributed by atoms with Crippen LogP contribution in [-0.2, 0) is 6.61 Å². The van der Waals surface area contributed by atoms with Crippen LogP contribution in [0.2, 0.25) is 0 Å². The first-order valence-corrected chi connectivity index (χ1v) is 7.22. The molecule has 0 spiro atoms. The summed E-state index contributed by atoms with van der Waals surface area (Å²) in [7, 11) is 0. The lowest BCUT2D eigenvalue weighted by molar-refractivity contribution is 0.0696. The molecule has 0 fully saturated rings. The Bertz CT molecular complexity index is 601. The monoisotopic (exact) mass is 341 g/mol. The summed E-state index contributed by atoms with van der Waals surface area (Å²) in [5.74, 6) is -0.255. The fraction of sp³-hybridized carbons (Fsp3) is 0.231. The Balaban J connectivity index is 2.08. The zero-order valence-electron chi connectivity index (χ0n) is 10.4. The van der Waals surface area contributed by atoms with E-state index in [0.717, 1.165) is 32.7 Å². The van der Waals surface area contributed by atoms with Gasteiger partial charge in [0.2, 0.25) is 5.01 Å². The molecule has 1 aromatic heterocycles. The molecule has 1 N–H and O–H groups in total. The number of aromatic nitrogens is 1. The zero-order chi connectivity index (χ0) is 14.0. The Morgan fingerprint density at radius 3 is 2.58 bits per heavy atom. The van der Waals surface area contributed by atoms with Crippen molar-refractivity contribution in [2.75, 3.05) is 0 Å². The first-order valence-electron chi connectivity index (χ1n) is 5.54. The van der Waals surface area contributed by atoms with Crippen LogP contribution in [0.15, 0.2) is 22.0 Å². The van der Waals surface area contributed by atoms with Crippen LogP contribution in [0.1, 0.15) is 26.6 Å². The van der Waals surface area contributed by atoms with Crippen molar-refractivity contribution >= 4 is 33.2 Å². The van der Waals surface area contributed by atoms with Crippen LogP contribution in [-0.4, -0.2) is 16.1 Å². The van der Waals surface area contributed by atoms with Gasteiger partial charge in [0.05, 0.1) is 5.69 Å². The van der Waals surface area contributed by atoms with E-state index in [1.807, 2.05) is 26.0 Å². The van der Waals surface area contributed by atoms with Crippen LogP contribution >= 0.6 is 27.3 Å². The van der Waals surface area contributed by atoms with Crippen molar-refractivity contribution in [3.8, 4) is 5.75 Å². The number of hydrogen-bond acceptors (Lipinski definition) is 4. The van der Waals surface area contributed by atoms with Gasteiger partial charge in [-0.25, -0.2) is 9.78 Å². The second-order valence-electron chi connectivity index (χ2n) is 4.11. The molecule has 2 aromatic rings. The number of thiazole rings is 1. The predicted octanol–water partition coefficient (Wildman–Crippen LogP) is 3.80. The molecule has 1 aromatic carbocycles. The maximum Gasteiger partial charge on any atom is 0.365 e. The Hall–Kier alpha value is -1.40. The van der Waals surface area contributed by atoms with Gasteiger partial charge in [-0.1, -0.05) is 15.9 Å². The summed E-state index contributed by atoms with van der Waals surface area (Å²) in [4.78, 5) is 14.7. The highest BCUT2D eigenvalue weighted by Crippen LogP contribution is 2.26. The molecule has 0 aliphatic carbocycles. The average molecular weight is 342 g/mol. The van der Waals surface area contributed by atoms with Gasteiger partial charge in [-0.3, -0.25) is 0 Å². The largest absolute Gasteiger partial charge is 0.487 e. The first-order chi connectivity index (χ1) is 8.97. The van der Waals surface area contributed by atoms with E-state index in [4.69, 9.17) is 9.84 Å². The number of rotatable bonds is 4. The molecule has 100 valence electrons. The average Bonchev–Trinajstić information content (AvgIpc) is 2.82. The van der Waals surface area contributed by atoms with Crippen molar-refractivity contribution < 1.29 is 14.6 Å². The quantitative estimate of drug-likeness (QED) is 0.918. The number of aromatic carboxylic acids is 1. The maximum atomic E-state index is 10.7. The Labute approximate surface area is 123 Å². The van der Waals surface area contributed by atoms with E-state index >= 15 is 0 Å². The van der Waals surface area contributed by atoms with Gasteiger partial charge in [0.1, 0.15) is 12.4 Å². The van der Waals surface area contributed by atoms with E-state index in [1.165, 1.54) is 0 Å². The van der Waals surface area contributed by atoms with Crippen LogP contribution < -0.4 is 4.74 Å². The summed E-state index contributed by atoms with van der Waals surface area (Å²) in [6, 6.07) is 3.86. The van der Waals surface area contributed by atoms with Crippen molar-refractivity contribution in [1.29, 1.82) is 0 Å². The summed E-state index contributed by atoms with van der Waals surface area (Å²) in [6.45, 7) is 4.26. The molecule has 0 radical (unpaired) electrons. The molecular formula is C13H12BrNO3S. The second kappa shape index (κ2) is 5.71. The molecule has 0 aliphatic rings. The SMILES string of the molecule is Cc1cc(OCc2csc(C(=O)O)n2)cc(C)c1Br. The highest BCUT2D eigenvalue weighted by Gasteiger charge is 2.09. The van der Waals surface area contributed by atoms with Crippen molar-refractivity contribution in [3.63, 3.8) is 0 Å². The number of benzene rings is 1. The third-order valence-corrected chi connectivity index (χ3v) is 4.66. The summed E-state index contributed by atoms with van der Waals surface area (Å²) in [5, 5.41) is 10.6. The molecule has 0 bridgehead atoms.